The second kappa shape index (κ2) is 8.90. The predicted molar refractivity (Wildman–Crippen MR) is 103 cm³/mol. The highest BCUT2D eigenvalue weighted by Crippen LogP contribution is 2.23. The molecule has 1 aliphatic rings. The molecule has 0 bridgehead atoms. The van der Waals surface area contributed by atoms with Crippen LogP contribution in [0.2, 0.25) is 0 Å². The average Bonchev–Trinajstić information content (AvgIpc) is 2.64. The average molecular weight is 361 g/mol. The Labute approximate surface area is 154 Å². The Morgan fingerprint density at radius 1 is 1.20 bits per heavy atom. The molecule has 134 valence electrons. The lowest BCUT2D eigenvalue weighted by Crippen LogP contribution is -2.33. The van der Waals surface area contributed by atoms with Crippen molar-refractivity contribution >= 4 is 29.1 Å². The molecule has 0 atom stereocenters. The van der Waals surface area contributed by atoms with E-state index in [4.69, 9.17) is 16.3 Å². The molecule has 0 aliphatic carbocycles. The van der Waals surface area contributed by atoms with Gasteiger partial charge in [0.15, 0.2) is 0 Å². The van der Waals surface area contributed by atoms with Crippen LogP contribution in [0.5, 0.6) is 5.75 Å². The number of hydrogen-bond donors (Lipinski definition) is 1. The summed E-state index contributed by atoms with van der Waals surface area (Å²) in [6.07, 6.45) is 5.10. The molecule has 2 aromatic rings. The minimum atomic E-state index is 0.614. The van der Waals surface area contributed by atoms with Gasteiger partial charge in [0.2, 0.25) is 5.95 Å². The van der Waals surface area contributed by atoms with Crippen molar-refractivity contribution in [2.24, 2.45) is 5.92 Å². The topological polar surface area (TPSA) is 50.3 Å². The molecule has 0 amide bonds. The van der Waals surface area contributed by atoms with Crippen molar-refractivity contribution in [2.45, 2.75) is 26.2 Å². The quantitative estimate of drug-likeness (QED) is 0.583. The van der Waals surface area contributed by atoms with Crippen molar-refractivity contribution in [1.29, 1.82) is 0 Å². The number of nitrogens with zero attached hydrogens (tertiary/aromatic N) is 3. The Morgan fingerprint density at radius 3 is 2.68 bits per heavy atom. The smallest absolute Gasteiger partial charge is 0.229 e. The highest BCUT2D eigenvalue weighted by Gasteiger charge is 2.17. The summed E-state index contributed by atoms with van der Waals surface area (Å²) in [5.74, 6) is 3.87. The number of piperidine rings is 1. The monoisotopic (exact) mass is 360 g/mol. The molecule has 6 heteroatoms. The molecule has 1 saturated heterocycles. The number of anilines is 3. The van der Waals surface area contributed by atoms with Crippen LogP contribution < -0.4 is 15.0 Å². The van der Waals surface area contributed by atoms with Crippen LogP contribution in [0.25, 0.3) is 0 Å². The van der Waals surface area contributed by atoms with Crippen molar-refractivity contribution in [3.8, 4) is 5.75 Å². The maximum absolute atomic E-state index is 5.65. The van der Waals surface area contributed by atoms with Crippen LogP contribution in [-0.2, 0) is 0 Å². The van der Waals surface area contributed by atoms with Crippen molar-refractivity contribution in [3.63, 3.8) is 0 Å². The third kappa shape index (κ3) is 5.23. The van der Waals surface area contributed by atoms with Crippen molar-refractivity contribution in [3.05, 3.63) is 36.5 Å². The lowest BCUT2D eigenvalue weighted by molar-refractivity contribution is 0.318. The Hall–Kier alpha value is -2.01. The number of halogens is 1. The van der Waals surface area contributed by atoms with Gasteiger partial charge in [-0.15, -0.1) is 11.6 Å². The molecule has 1 aromatic carbocycles. The summed E-state index contributed by atoms with van der Waals surface area (Å²) in [5, 5.41) is 3.26. The summed E-state index contributed by atoms with van der Waals surface area (Å²) in [7, 11) is 0. The normalized spacial score (nSPS) is 15.2. The third-order valence-electron chi connectivity index (χ3n) is 4.41. The van der Waals surface area contributed by atoms with E-state index in [1.807, 2.05) is 36.5 Å². The first-order valence-electron chi connectivity index (χ1n) is 8.88. The van der Waals surface area contributed by atoms with Crippen LogP contribution in [0, 0.1) is 5.92 Å². The molecule has 1 aromatic heterocycles. The van der Waals surface area contributed by atoms with E-state index in [9.17, 15) is 0 Å². The molecule has 1 aliphatic heterocycles. The molecule has 1 fully saturated rings. The first-order valence-corrected chi connectivity index (χ1v) is 9.42. The summed E-state index contributed by atoms with van der Waals surface area (Å²) in [5.41, 5.74) is 0.939. The molecule has 0 saturated carbocycles. The summed E-state index contributed by atoms with van der Waals surface area (Å²) >= 11 is 5.65. The minimum Gasteiger partial charge on any atom is -0.494 e. The standard InChI is InChI=1S/C19H25ClN4O/c1-15-8-12-24(13-9-15)18-7-11-21-19(23-18)22-16-3-5-17(6-4-16)25-14-2-10-20/h3-7,11,15H,2,8-10,12-14H2,1H3,(H,21,22,23). The van der Waals surface area contributed by atoms with Crippen LogP contribution in [0.1, 0.15) is 26.2 Å². The number of rotatable bonds is 7. The van der Waals surface area contributed by atoms with E-state index >= 15 is 0 Å². The van der Waals surface area contributed by atoms with E-state index in [1.165, 1.54) is 12.8 Å². The maximum Gasteiger partial charge on any atom is 0.229 e. The molecule has 2 heterocycles. The van der Waals surface area contributed by atoms with Gasteiger partial charge >= 0.3 is 0 Å². The van der Waals surface area contributed by atoms with E-state index in [0.29, 0.717) is 18.4 Å². The molecule has 3 rings (SSSR count). The van der Waals surface area contributed by atoms with Gasteiger partial charge in [-0.3, -0.25) is 0 Å². The number of alkyl halides is 1. The summed E-state index contributed by atoms with van der Waals surface area (Å²) in [6.45, 7) is 5.07. The Morgan fingerprint density at radius 2 is 1.96 bits per heavy atom. The third-order valence-corrected chi connectivity index (χ3v) is 4.67. The van der Waals surface area contributed by atoms with E-state index in [0.717, 1.165) is 42.7 Å². The first-order chi connectivity index (χ1) is 12.2. The molecule has 5 nitrogen and oxygen atoms in total. The fourth-order valence-electron chi connectivity index (χ4n) is 2.83. The molecule has 1 N–H and O–H groups in total. The molecular formula is C19H25ClN4O. The molecule has 0 spiro atoms. The number of hydrogen-bond acceptors (Lipinski definition) is 5. The number of benzene rings is 1. The summed E-state index contributed by atoms with van der Waals surface area (Å²) in [6, 6.07) is 9.79. The zero-order chi connectivity index (χ0) is 17.5. The Kier molecular flexibility index (Phi) is 6.34. The largest absolute Gasteiger partial charge is 0.494 e. The maximum atomic E-state index is 5.65. The van der Waals surface area contributed by atoms with Crippen molar-refractivity contribution in [2.75, 3.05) is 35.8 Å². The highest BCUT2D eigenvalue weighted by molar-refractivity contribution is 6.17. The summed E-state index contributed by atoms with van der Waals surface area (Å²) < 4.78 is 5.61. The fraction of sp³-hybridized carbons (Fsp3) is 0.474. The van der Waals surface area contributed by atoms with Crippen LogP contribution in [0.15, 0.2) is 36.5 Å². The number of ether oxygens (including phenoxy) is 1. The fourth-order valence-corrected chi connectivity index (χ4v) is 2.94. The Bertz CT molecular complexity index is 657. The molecule has 25 heavy (non-hydrogen) atoms. The molecular weight excluding hydrogens is 336 g/mol. The van der Waals surface area contributed by atoms with Gasteiger partial charge in [0.25, 0.3) is 0 Å². The van der Waals surface area contributed by atoms with Gasteiger partial charge in [0, 0.05) is 30.9 Å². The van der Waals surface area contributed by atoms with Crippen LogP contribution in [0.4, 0.5) is 17.5 Å². The first kappa shape index (κ1) is 17.8. The second-order valence-electron chi connectivity index (χ2n) is 6.45. The summed E-state index contributed by atoms with van der Waals surface area (Å²) in [4.78, 5) is 11.3. The number of aromatic nitrogens is 2. The zero-order valence-electron chi connectivity index (χ0n) is 14.6. The van der Waals surface area contributed by atoms with Gasteiger partial charge in [0.05, 0.1) is 6.61 Å². The second-order valence-corrected chi connectivity index (χ2v) is 6.83. The van der Waals surface area contributed by atoms with Gasteiger partial charge in [-0.25, -0.2) is 4.98 Å². The van der Waals surface area contributed by atoms with Gasteiger partial charge in [-0.05, 0) is 55.5 Å². The van der Waals surface area contributed by atoms with Crippen molar-refractivity contribution < 1.29 is 4.74 Å². The van der Waals surface area contributed by atoms with Gasteiger partial charge < -0.3 is 15.0 Å². The Balaban J connectivity index is 1.60. The van der Waals surface area contributed by atoms with Crippen LogP contribution in [-0.4, -0.2) is 35.5 Å². The van der Waals surface area contributed by atoms with E-state index in [1.54, 1.807) is 0 Å². The van der Waals surface area contributed by atoms with E-state index in [2.05, 4.69) is 27.1 Å². The van der Waals surface area contributed by atoms with E-state index in [-0.39, 0.29) is 0 Å². The number of nitrogens with one attached hydrogen (secondary N) is 1. The molecule has 0 unspecified atom stereocenters. The van der Waals surface area contributed by atoms with Gasteiger partial charge in [0.1, 0.15) is 11.6 Å². The minimum absolute atomic E-state index is 0.614. The SMILES string of the molecule is CC1CCN(c2ccnc(Nc3ccc(OCCCCl)cc3)n2)CC1. The van der Waals surface area contributed by atoms with E-state index < -0.39 is 0 Å². The lowest BCUT2D eigenvalue weighted by atomic mass is 9.99. The predicted octanol–water partition coefficient (Wildman–Crippen LogP) is 4.46. The lowest BCUT2D eigenvalue weighted by Gasteiger charge is -2.31. The van der Waals surface area contributed by atoms with Crippen LogP contribution >= 0.6 is 11.6 Å². The van der Waals surface area contributed by atoms with Gasteiger partial charge in [-0.1, -0.05) is 6.92 Å². The van der Waals surface area contributed by atoms with Crippen LogP contribution in [0.3, 0.4) is 0 Å². The highest BCUT2D eigenvalue weighted by atomic mass is 35.5. The molecule has 0 radical (unpaired) electrons. The zero-order valence-corrected chi connectivity index (χ0v) is 15.4. The van der Waals surface area contributed by atoms with Gasteiger partial charge in [-0.2, -0.15) is 4.98 Å². The van der Waals surface area contributed by atoms with Crippen molar-refractivity contribution in [1.82, 2.24) is 9.97 Å².